The molecule has 0 spiro atoms. The van der Waals surface area contributed by atoms with E-state index in [4.69, 9.17) is 0 Å². The van der Waals surface area contributed by atoms with Gasteiger partial charge in [0.15, 0.2) is 0 Å². The molecule has 0 saturated carbocycles. The number of hydrogen-bond acceptors (Lipinski definition) is 4. The minimum absolute atomic E-state index is 0.114. The number of nitrogens with one attached hydrogen (secondary N) is 3. The number of allylic oxidation sites excluding steroid dienone is 2. The van der Waals surface area contributed by atoms with Crippen molar-refractivity contribution < 1.29 is 14.4 Å². The lowest BCUT2D eigenvalue weighted by Crippen LogP contribution is -2.41. The van der Waals surface area contributed by atoms with Gasteiger partial charge in [0.05, 0.1) is 25.3 Å². The van der Waals surface area contributed by atoms with E-state index in [0.29, 0.717) is 13.0 Å². The molecule has 0 aliphatic rings. The van der Waals surface area contributed by atoms with E-state index in [1.165, 1.54) is 57.8 Å². The first-order valence-corrected chi connectivity index (χ1v) is 13.5. The lowest BCUT2D eigenvalue weighted by molar-refractivity contribution is -0.127. The summed E-state index contributed by atoms with van der Waals surface area (Å²) in [6, 6.07) is 5.46. The Morgan fingerprint density at radius 1 is 0.714 bits per heavy atom. The summed E-state index contributed by atoms with van der Waals surface area (Å²) in [5, 5.41) is 7.80. The number of nitrogens with zero attached hydrogens (tertiary/aromatic N) is 1. The largest absolute Gasteiger partial charge is 0.349 e. The van der Waals surface area contributed by atoms with Crippen LogP contribution in [0.1, 0.15) is 103 Å². The highest BCUT2D eigenvalue weighted by atomic mass is 16.2. The number of hydrogen-bond donors (Lipinski definition) is 3. The summed E-state index contributed by atoms with van der Waals surface area (Å²) < 4.78 is 0. The highest BCUT2D eigenvalue weighted by Gasteiger charge is 2.08. The van der Waals surface area contributed by atoms with E-state index in [1.807, 2.05) is 12.1 Å². The molecule has 196 valence electrons. The van der Waals surface area contributed by atoms with Gasteiger partial charge in [0.2, 0.25) is 17.7 Å². The van der Waals surface area contributed by atoms with E-state index in [-0.39, 0.29) is 30.8 Å². The molecule has 1 aromatic rings. The summed E-state index contributed by atoms with van der Waals surface area (Å²) >= 11 is 0. The Kier molecular flexibility index (Phi) is 18.9. The molecule has 1 rings (SSSR count). The van der Waals surface area contributed by atoms with Crippen molar-refractivity contribution >= 4 is 17.7 Å². The summed E-state index contributed by atoms with van der Waals surface area (Å²) in [5.74, 6) is -0.808. The van der Waals surface area contributed by atoms with Crippen LogP contribution in [0.5, 0.6) is 0 Å². The van der Waals surface area contributed by atoms with Crippen molar-refractivity contribution in [1.82, 2.24) is 20.9 Å². The molecule has 0 fully saturated rings. The molecular weight excluding hydrogens is 440 g/mol. The quantitative estimate of drug-likeness (QED) is 0.169. The van der Waals surface area contributed by atoms with Gasteiger partial charge in [-0.05, 0) is 44.2 Å². The lowest BCUT2D eigenvalue weighted by atomic mass is 10.1. The van der Waals surface area contributed by atoms with Gasteiger partial charge in [-0.15, -0.1) is 0 Å². The number of aromatic nitrogens is 1. The van der Waals surface area contributed by atoms with Crippen LogP contribution < -0.4 is 16.0 Å². The molecule has 0 atom stereocenters. The summed E-state index contributed by atoms with van der Waals surface area (Å²) in [6.45, 7) is 2.32. The Bertz CT molecular complexity index is 722. The van der Waals surface area contributed by atoms with Gasteiger partial charge in [0.25, 0.3) is 0 Å². The van der Waals surface area contributed by atoms with Crippen LogP contribution in [0.25, 0.3) is 0 Å². The lowest BCUT2D eigenvalue weighted by Gasteiger charge is -2.08. The molecule has 7 nitrogen and oxygen atoms in total. The molecule has 3 amide bonds. The average Bonchev–Trinajstić information content (AvgIpc) is 2.87. The zero-order valence-corrected chi connectivity index (χ0v) is 21.7. The second-order valence-electron chi connectivity index (χ2n) is 8.99. The molecule has 0 unspecified atom stereocenters. The van der Waals surface area contributed by atoms with Gasteiger partial charge in [-0.25, -0.2) is 0 Å². The first-order valence-electron chi connectivity index (χ1n) is 13.5. The molecule has 0 aliphatic heterocycles. The van der Waals surface area contributed by atoms with Crippen molar-refractivity contribution in [3.63, 3.8) is 0 Å². The van der Waals surface area contributed by atoms with Crippen LogP contribution in [0.3, 0.4) is 0 Å². The van der Waals surface area contributed by atoms with Gasteiger partial charge >= 0.3 is 0 Å². The second-order valence-corrected chi connectivity index (χ2v) is 8.99. The molecule has 0 radical (unpaired) electrons. The van der Waals surface area contributed by atoms with Crippen molar-refractivity contribution in [2.24, 2.45) is 0 Å². The molecule has 1 heterocycles. The van der Waals surface area contributed by atoms with E-state index < -0.39 is 0 Å². The molecule has 1 aromatic heterocycles. The van der Waals surface area contributed by atoms with Crippen molar-refractivity contribution in [3.05, 3.63) is 42.2 Å². The van der Waals surface area contributed by atoms with E-state index in [2.05, 4.69) is 40.0 Å². The van der Waals surface area contributed by atoms with Crippen molar-refractivity contribution in [3.8, 4) is 0 Å². The maximum Gasteiger partial charge on any atom is 0.239 e. The Hall–Kier alpha value is -2.70. The summed E-state index contributed by atoms with van der Waals surface area (Å²) in [7, 11) is 0. The fourth-order valence-electron chi connectivity index (χ4n) is 3.62. The Labute approximate surface area is 211 Å². The minimum atomic E-state index is -0.379. The van der Waals surface area contributed by atoms with Crippen LogP contribution >= 0.6 is 0 Å². The topological polar surface area (TPSA) is 100 Å². The minimum Gasteiger partial charge on any atom is -0.349 e. The number of carbonyl (C=O) groups excluding carboxylic acids is 3. The van der Waals surface area contributed by atoms with Crippen molar-refractivity contribution in [1.29, 1.82) is 0 Å². The molecule has 3 N–H and O–H groups in total. The number of unbranched alkanes of at least 4 members (excludes halogenated alkanes) is 11. The van der Waals surface area contributed by atoms with Crippen LogP contribution in [0.15, 0.2) is 36.5 Å². The maximum atomic E-state index is 11.9. The van der Waals surface area contributed by atoms with Crippen LogP contribution in [0.4, 0.5) is 0 Å². The number of pyridine rings is 1. The highest BCUT2D eigenvalue weighted by Crippen LogP contribution is 2.09. The Morgan fingerprint density at radius 2 is 1.29 bits per heavy atom. The van der Waals surface area contributed by atoms with E-state index in [1.54, 1.807) is 12.3 Å². The van der Waals surface area contributed by atoms with Crippen LogP contribution in [-0.4, -0.2) is 35.8 Å². The first kappa shape index (κ1) is 30.3. The summed E-state index contributed by atoms with van der Waals surface area (Å²) in [6.07, 6.45) is 22.6. The molecule has 0 saturated heterocycles. The van der Waals surface area contributed by atoms with Crippen molar-refractivity contribution in [2.75, 3.05) is 13.1 Å². The van der Waals surface area contributed by atoms with Crippen LogP contribution in [-0.2, 0) is 20.9 Å². The highest BCUT2D eigenvalue weighted by molar-refractivity contribution is 5.88. The number of rotatable bonds is 21. The van der Waals surface area contributed by atoms with Gasteiger partial charge < -0.3 is 16.0 Å². The Balaban J connectivity index is 1.89. The third kappa shape index (κ3) is 19.3. The fourth-order valence-corrected chi connectivity index (χ4v) is 3.62. The van der Waals surface area contributed by atoms with Crippen molar-refractivity contribution in [2.45, 2.75) is 103 Å². The fraction of sp³-hybridized carbons (Fsp3) is 0.643. The molecular formula is C28H46N4O3. The number of carbonyl (C=O) groups is 3. The molecule has 0 bridgehead atoms. The second kappa shape index (κ2) is 21.8. The smallest absolute Gasteiger partial charge is 0.239 e. The van der Waals surface area contributed by atoms with E-state index in [0.717, 1.165) is 31.4 Å². The predicted octanol–water partition coefficient (Wildman–Crippen LogP) is 4.97. The number of amides is 3. The Morgan fingerprint density at radius 3 is 1.91 bits per heavy atom. The maximum absolute atomic E-state index is 11.9. The van der Waals surface area contributed by atoms with Gasteiger partial charge in [-0.2, -0.15) is 0 Å². The standard InChI is InChI=1S/C28H46N4O3/c1-2-3-4-5-6-7-8-9-10-11-12-13-14-15-16-20-26(33)31-23-28(35)32-24-27(34)30-22-25-19-17-18-21-29-25/h9-10,17-19,21H,2-8,11-16,20,22-24H2,1H3,(H,30,34)(H,31,33)(H,32,35)/b10-9-. The van der Waals surface area contributed by atoms with Gasteiger partial charge in [-0.3, -0.25) is 19.4 Å². The first-order chi connectivity index (χ1) is 17.1. The third-order valence-electron chi connectivity index (χ3n) is 5.75. The zero-order chi connectivity index (χ0) is 25.4. The van der Waals surface area contributed by atoms with Crippen LogP contribution in [0, 0.1) is 0 Å². The predicted molar refractivity (Wildman–Crippen MR) is 142 cm³/mol. The summed E-state index contributed by atoms with van der Waals surface area (Å²) in [5.41, 5.74) is 0.745. The molecule has 0 aliphatic carbocycles. The average molecular weight is 487 g/mol. The normalized spacial score (nSPS) is 10.9. The van der Waals surface area contributed by atoms with Gasteiger partial charge in [0.1, 0.15) is 0 Å². The van der Waals surface area contributed by atoms with E-state index in [9.17, 15) is 14.4 Å². The van der Waals surface area contributed by atoms with E-state index >= 15 is 0 Å². The monoisotopic (exact) mass is 486 g/mol. The van der Waals surface area contributed by atoms with Crippen LogP contribution in [0.2, 0.25) is 0 Å². The van der Waals surface area contributed by atoms with Gasteiger partial charge in [-0.1, -0.05) is 76.5 Å². The molecule has 35 heavy (non-hydrogen) atoms. The third-order valence-corrected chi connectivity index (χ3v) is 5.75. The molecule has 7 heteroatoms. The SMILES string of the molecule is CCCCCCCC/C=C\CCCCCCCC(=O)NCC(=O)NCC(=O)NCc1ccccn1. The zero-order valence-electron chi connectivity index (χ0n) is 21.7. The summed E-state index contributed by atoms with van der Waals surface area (Å²) in [4.78, 5) is 39.6. The van der Waals surface area contributed by atoms with Gasteiger partial charge in [0, 0.05) is 12.6 Å². The molecule has 0 aromatic carbocycles.